The highest BCUT2D eigenvalue weighted by Gasteiger charge is 2.35. The third kappa shape index (κ3) is 20.4. The minimum absolute atomic E-state index is 0.164. The molecule has 6 unspecified atom stereocenters. The number of hydrogen-bond acceptors (Lipinski definition) is 15. The Labute approximate surface area is 630 Å². The van der Waals surface area contributed by atoms with Gasteiger partial charge in [-0.2, -0.15) is 0 Å². The van der Waals surface area contributed by atoms with Crippen LogP contribution in [0.5, 0.6) is 34.5 Å². The van der Waals surface area contributed by atoms with Gasteiger partial charge in [-0.3, -0.25) is 14.4 Å². The monoisotopic (exact) mass is 1440 g/mol. The largest absolute Gasteiger partial charge is 0.496 e. The van der Waals surface area contributed by atoms with Crippen molar-refractivity contribution < 1.29 is 57.3 Å². The second kappa shape index (κ2) is 34.1. The number of esters is 3. The molecular formula is C90H129N3O12. The van der Waals surface area contributed by atoms with E-state index in [1.54, 1.807) is 21.3 Å². The van der Waals surface area contributed by atoms with Gasteiger partial charge in [-0.15, -0.1) is 16.4 Å². The predicted octanol–water partition coefficient (Wildman–Crippen LogP) is 18.8. The fraction of sp³-hybridized carbons (Fsp3) is 0.567. The topological polar surface area (TPSA) is 170 Å². The van der Waals surface area contributed by atoms with Crippen LogP contribution in [0.4, 0.5) is 0 Å². The summed E-state index contributed by atoms with van der Waals surface area (Å²) in [6, 6.07) is 24.7. The average Bonchev–Trinajstić information content (AvgIpc) is 0.770. The van der Waals surface area contributed by atoms with Gasteiger partial charge in [0.15, 0.2) is 17.2 Å². The Balaban J connectivity index is 1.77. The summed E-state index contributed by atoms with van der Waals surface area (Å²) in [5, 5.41) is 0. The van der Waals surface area contributed by atoms with E-state index in [2.05, 4.69) is 235 Å². The van der Waals surface area contributed by atoms with Crippen LogP contribution in [0.3, 0.4) is 0 Å². The number of hydrogen-bond donors (Lipinski definition) is 3. The smallest absolute Gasteiger partial charge is 0.326 e. The van der Waals surface area contributed by atoms with E-state index in [0.29, 0.717) is 92.3 Å². The van der Waals surface area contributed by atoms with Crippen molar-refractivity contribution in [2.75, 3.05) is 42.7 Å². The number of rotatable bonds is 21. The number of fused-ring (bicyclic) bond motifs is 12. The van der Waals surface area contributed by atoms with Crippen molar-refractivity contribution in [2.24, 2.45) is 17.8 Å². The van der Waals surface area contributed by atoms with Crippen molar-refractivity contribution in [3.05, 3.63) is 173 Å². The highest BCUT2D eigenvalue weighted by molar-refractivity contribution is 5.77. The number of ether oxygens (including phenoxy) is 6. The van der Waals surface area contributed by atoms with Crippen molar-refractivity contribution >= 4 is 17.9 Å². The number of benzene rings is 6. The average molecular weight is 1450 g/mol. The SMILES string of the molecule is CCC(C)C(NOc1c2cc(C(C)(C)C)cc1Cc1cc(C(C)(C)C)cc(c1OC)Cc1cc(C(C)(C)C)cc(c1ONC(C(=O)OC)C(C)CC)Cc1cc(C(C)(C)C)cc(c1OC)Cc1cc(C(C)(C)C)cc(c1ONC(C(=O)OC)C(C)CC)Cc1cc(C(C)(C)C)cc(c1OC)C2)C(=O)OC. The zero-order valence-electron chi connectivity index (χ0n) is 69.7. The van der Waals surface area contributed by atoms with E-state index in [9.17, 15) is 14.4 Å². The molecule has 0 saturated heterocycles. The molecule has 12 bridgehead atoms. The summed E-state index contributed by atoms with van der Waals surface area (Å²) >= 11 is 0. The number of methoxy groups -OCH3 is 6. The molecule has 0 saturated carbocycles. The van der Waals surface area contributed by atoms with E-state index >= 15 is 0 Å². The van der Waals surface area contributed by atoms with E-state index in [4.69, 9.17) is 42.9 Å². The Morgan fingerprint density at radius 3 is 0.543 bits per heavy atom. The first-order valence-corrected chi connectivity index (χ1v) is 38.0. The van der Waals surface area contributed by atoms with Gasteiger partial charge in [-0.05, 0) is 117 Å². The Bertz CT molecular complexity index is 3490. The van der Waals surface area contributed by atoms with E-state index < -0.39 is 36.0 Å². The highest BCUT2D eigenvalue weighted by Crippen LogP contribution is 2.47. The third-order valence-corrected chi connectivity index (χ3v) is 21.4. The Morgan fingerprint density at radius 2 is 0.429 bits per heavy atom. The van der Waals surface area contributed by atoms with E-state index in [0.717, 1.165) is 100 Å². The minimum atomic E-state index is -0.815. The summed E-state index contributed by atoms with van der Waals surface area (Å²) in [5.41, 5.74) is 25.0. The molecule has 0 radical (unpaired) electrons. The summed E-state index contributed by atoms with van der Waals surface area (Å²) in [7, 11) is 9.47. The first-order valence-electron chi connectivity index (χ1n) is 38.0. The lowest BCUT2D eigenvalue weighted by atomic mass is 9.79. The molecule has 0 aromatic heterocycles. The zero-order valence-corrected chi connectivity index (χ0v) is 69.7. The van der Waals surface area contributed by atoms with Gasteiger partial charge in [-0.1, -0.05) is 258 Å². The molecule has 576 valence electrons. The zero-order chi connectivity index (χ0) is 78.4. The van der Waals surface area contributed by atoms with Gasteiger partial charge in [0, 0.05) is 71.9 Å². The molecule has 15 nitrogen and oxygen atoms in total. The van der Waals surface area contributed by atoms with Gasteiger partial charge in [-0.25, -0.2) is 0 Å². The fourth-order valence-electron chi connectivity index (χ4n) is 13.8. The van der Waals surface area contributed by atoms with Crippen LogP contribution in [0.25, 0.3) is 0 Å². The second-order valence-corrected chi connectivity index (χ2v) is 35.7. The van der Waals surface area contributed by atoms with Crippen LogP contribution in [-0.2, 0) is 99.6 Å². The molecule has 0 fully saturated rings. The van der Waals surface area contributed by atoms with Crippen molar-refractivity contribution in [2.45, 2.75) is 275 Å². The Kier molecular flexibility index (Phi) is 27.5. The minimum Gasteiger partial charge on any atom is -0.496 e. The lowest BCUT2D eigenvalue weighted by Gasteiger charge is -2.29. The number of carbonyl (C=O) groups is 3. The lowest BCUT2D eigenvalue weighted by Crippen LogP contribution is -2.44. The molecule has 15 heteroatoms. The van der Waals surface area contributed by atoms with Crippen molar-refractivity contribution in [3.8, 4) is 34.5 Å². The molecule has 6 atom stereocenters. The fourth-order valence-corrected chi connectivity index (χ4v) is 13.8. The standard InChI is InChI=1S/C90H129N3O12/c1-31-52(4)73(82(94)100-28)91-103-79-61-34-55-40-67(85(7,8)9)42-57(76(55)97-25)36-63-48-71(89(19,20)21)50-65(80(63)104-92-74(53(5)32-2)83(95)101-29)38-59-44-69(87(13,14)15)45-60(78(59)99-27)39-66-51-72(90(22,23)24)49-64(81(66)105-93-75(54(6)33-3)84(96)102-30)37-58-43-68(86(10,11)12)41-56(77(58)98-26)35-62(79)47-70(46-61)88(16,17)18/h40-54,73-75,91-93H,31-39H2,1-30H3. The van der Waals surface area contributed by atoms with Crippen LogP contribution in [0.2, 0.25) is 0 Å². The first kappa shape index (κ1) is 84.7. The van der Waals surface area contributed by atoms with E-state index in [1.807, 2.05) is 20.8 Å². The summed E-state index contributed by atoms with van der Waals surface area (Å²) in [6.07, 6.45) is 4.13. The molecule has 1 aliphatic carbocycles. The van der Waals surface area contributed by atoms with Gasteiger partial charge < -0.3 is 42.9 Å². The summed E-state index contributed by atoms with van der Waals surface area (Å²) in [4.78, 5) is 63.4. The van der Waals surface area contributed by atoms with Gasteiger partial charge in [0.1, 0.15) is 35.4 Å². The Hall–Kier alpha value is -7.59. The highest BCUT2D eigenvalue weighted by atomic mass is 16.7. The maximum atomic E-state index is 13.9. The first-order chi connectivity index (χ1) is 48.9. The van der Waals surface area contributed by atoms with E-state index in [1.165, 1.54) is 21.3 Å². The van der Waals surface area contributed by atoms with Crippen LogP contribution in [-0.4, -0.2) is 78.7 Å². The maximum absolute atomic E-state index is 13.9. The molecule has 7 rings (SSSR count). The molecule has 0 aliphatic heterocycles. The number of carbonyl (C=O) groups excluding carboxylic acids is 3. The molecule has 105 heavy (non-hydrogen) atoms. The maximum Gasteiger partial charge on any atom is 0.326 e. The molecular weight excluding hydrogens is 1310 g/mol. The van der Waals surface area contributed by atoms with Crippen LogP contribution in [0, 0.1) is 17.8 Å². The normalized spacial score (nSPS) is 15.0. The summed E-state index contributed by atoms with van der Waals surface area (Å²) < 4.78 is 36.9. The Morgan fingerprint density at radius 1 is 0.286 bits per heavy atom. The van der Waals surface area contributed by atoms with Crippen molar-refractivity contribution in [3.63, 3.8) is 0 Å². The van der Waals surface area contributed by atoms with Crippen molar-refractivity contribution in [1.29, 1.82) is 0 Å². The molecule has 3 N–H and O–H groups in total. The van der Waals surface area contributed by atoms with Gasteiger partial charge in [0.05, 0.1) is 42.7 Å². The van der Waals surface area contributed by atoms with Crippen LogP contribution in [0.15, 0.2) is 72.8 Å². The molecule has 6 aromatic rings. The van der Waals surface area contributed by atoms with Crippen LogP contribution >= 0.6 is 0 Å². The van der Waals surface area contributed by atoms with Gasteiger partial charge >= 0.3 is 17.9 Å². The number of hydroxylamine groups is 3. The molecule has 6 aromatic carbocycles. The molecule has 0 spiro atoms. The molecule has 0 heterocycles. The third-order valence-electron chi connectivity index (χ3n) is 21.4. The summed E-state index contributed by atoms with van der Waals surface area (Å²) in [5.74, 6) is 1.99. The molecule has 0 amide bonds. The summed E-state index contributed by atoms with van der Waals surface area (Å²) in [6.45, 7) is 52.4. The lowest BCUT2D eigenvalue weighted by molar-refractivity contribution is -0.148. The van der Waals surface area contributed by atoms with Crippen LogP contribution in [0.1, 0.15) is 286 Å². The molecule has 1 aliphatic rings. The predicted molar refractivity (Wildman–Crippen MR) is 424 cm³/mol. The van der Waals surface area contributed by atoms with Gasteiger partial charge in [0.25, 0.3) is 0 Å². The van der Waals surface area contributed by atoms with Crippen LogP contribution < -0.4 is 45.2 Å². The second-order valence-electron chi connectivity index (χ2n) is 35.7. The van der Waals surface area contributed by atoms with Gasteiger partial charge in [0.2, 0.25) is 0 Å². The van der Waals surface area contributed by atoms with E-state index in [-0.39, 0.29) is 50.2 Å². The van der Waals surface area contributed by atoms with Crippen molar-refractivity contribution in [1.82, 2.24) is 16.4 Å². The quantitative estimate of drug-likeness (QED) is 0.0352. The number of nitrogens with one attached hydrogen (secondary N) is 3.